The van der Waals surface area contributed by atoms with Gasteiger partial charge in [0.05, 0.1) is 11.7 Å². The summed E-state index contributed by atoms with van der Waals surface area (Å²) in [5, 5.41) is 6.93. The van der Waals surface area contributed by atoms with E-state index in [1.54, 1.807) is 12.1 Å². The van der Waals surface area contributed by atoms with Gasteiger partial charge in [0.15, 0.2) is 5.82 Å². The molecule has 3 rings (SSSR count). The summed E-state index contributed by atoms with van der Waals surface area (Å²) in [5.41, 5.74) is 1.61. The lowest BCUT2D eigenvalue weighted by atomic mass is 10.1. The first-order valence-corrected chi connectivity index (χ1v) is 7.49. The van der Waals surface area contributed by atoms with Crippen LogP contribution in [0.2, 0.25) is 0 Å². The first kappa shape index (κ1) is 15.1. The lowest BCUT2D eigenvalue weighted by molar-refractivity contribution is -0.110. The summed E-state index contributed by atoms with van der Waals surface area (Å²) < 4.78 is 6.97. The molecule has 1 aromatic carbocycles. The number of aromatic nitrogens is 3. The quantitative estimate of drug-likeness (QED) is 0.843. The molecule has 0 fully saturated rings. The summed E-state index contributed by atoms with van der Waals surface area (Å²) in [6, 6.07) is 5.43. The molecule has 2 aromatic rings. The van der Waals surface area contributed by atoms with Crippen LogP contribution >= 0.6 is 0 Å². The zero-order chi connectivity index (χ0) is 16.6. The fraction of sp³-hybridized carbons (Fsp3) is 0.312. The number of hydrogen-bond donors (Lipinski definition) is 2. The molecule has 2 N–H and O–H groups in total. The van der Waals surface area contributed by atoms with Crippen LogP contribution in [0.25, 0.3) is 11.6 Å². The van der Waals surface area contributed by atoms with Gasteiger partial charge in [-0.3, -0.25) is 9.78 Å². The van der Waals surface area contributed by atoms with Crippen molar-refractivity contribution in [3.63, 3.8) is 0 Å². The Morgan fingerprint density at radius 1 is 1.35 bits per heavy atom. The second kappa shape index (κ2) is 5.75. The molecular weight excluding hydrogens is 296 g/mol. The van der Waals surface area contributed by atoms with Gasteiger partial charge in [-0.15, -0.1) is 0 Å². The van der Waals surface area contributed by atoms with Gasteiger partial charge >= 0.3 is 5.69 Å². The minimum absolute atomic E-state index is 0.0437. The second-order valence-corrected chi connectivity index (χ2v) is 5.52. The predicted molar refractivity (Wildman–Crippen MR) is 87.2 cm³/mol. The zero-order valence-electron chi connectivity index (χ0n) is 13.2. The highest BCUT2D eigenvalue weighted by molar-refractivity contribution is 6.34. The van der Waals surface area contributed by atoms with Crippen molar-refractivity contribution in [1.29, 1.82) is 0 Å². The van der Waals surface area contributed by atoms with Crippen molar-refractivity contribution >= 4 is 23.2 Å². The number of rotatable bonds is 4. The van der Waals surface area contributed by atoms with E-state index in [0.717, 1.165) is 11.3 Å². The highest BCUT2D eigenvalue weighted by Gasteiger charge is 2.25. The number of carbonyl (C=O) groups excluding carboxylic acids is 1. The normalized spacial score (nSPS) is 15.1. The second-order valence-electron chi connectivity index (χ2n) is 5.52. The van der Waals surface area contributed by atoms with E-state index < -0.39 is 0 Å². The van der Waals surface area contributed by atoms with Crippen LogP contribution in [0.1, 0.15) is 32.2 Å². The maximum atomic E-state index is 12.2. The van der Waals surface area contributed by atoms with E-state index in [2.05, 4.69) is 15.4 Å². The Balaban J connectivity index is 2.02. The van der Waals surface area contributed by atoms with Crippen molar-refractivity contribution in [3.8, 4) is 5.75 Å². The number of nitrogens with one attached hydrogen (secondary N) is 2. The number of anilines is 1. The van der Waals surface area contributed by atoms with Crippen molar-refractivity contribution in [1.82, 2.24) is 14.8 Å². The van der Waals surface area contributed by atoms with Crippen molar-refractivity contribution in [2.45, 2.75) is 33.4 Å². The van der Waals surface area contributed by atoms with E-state index >= 15 is 0 Å². The van der Waals surface area contributed by atoms with E-state index in [9.17, 15) is 9.59 Å². The predicted octanol–water partition coefficient (Wildman–Crippen LogP) is 1.87. The third kappa shape index (κ3) is 2.90. The SMILES string of the molecule is CCn1nc(/C=C2\C(=O)Nc3ccc(OC(C)C)cc32)[nH]c1=O. The Hall–Kier alpha value is -2.83. The van der Waals surface area contributed by atoms with Crippen molar-refractivity contribution < 1.29 is 9.53 Å². The number of hydrogen-bond acceptors (Lipinski definition) is 4. The maximum Gasteiger partial charge on any atom is 0.343 e. The third-order valence-electron chi connectivity index (χ3n) is 3.42. The number of benzene rings is 1. The Kier molecular flexibility index (Phi) is 3.77. The fourth-order valence-electron chi connectivity index (χ4n) is 2.45. The molecule has 2 heterocycles. The molecule has 0 spiro atoms. The molecule has 0 unspecified atom stereocenters. The lowest BCUT2D eigenvalue weighted by Crippen LogP contribution is -2.16. The molecule has 120 valence electrons. The minimum Gasteiger partial charge on any atom is -0.491 e. The van der Waals surface area contributed by atoms with E-state index in [4.69, 9.17) is 4.74 Å². The highest BCUT2D eigenvalue weighted by atomic mass is 16.5. The number of amides is 1. The van der Waals surface area contributed by atoms with Crippen LogP contribution in [0.15, 0.2) is 23.0 Å². The summed E-state index contributed by atoms with van der Waals surface area (Å²) in [5.74, 6) is 0.812. The first-order chi connectivity index (χ1) is 11.0. The average Bonchev–Trinajstić information content (AvgIpc) is 2.99. The molecule has 0 saturated carbocycles. The summed E-state index contributed by atoms with van der Waals surface area (Å²) in [6.07, 6.45) is 1.62. The molecule has 23 heavy (non-hydrogen) atoms. The molecule has 1 amide bonds. The van der Waals surface area contributed by atoms with Gasteiger partial charge in [0.2, 0.25) is 0 Å². The average molecular weight is 314 g/mol. The number of fused-ring (bicyclic) bond motifs is 1. The molecule has 7 nitrogen and oxygen atoms in total. The number of aromatic amines is 1. The molecule has 0 bridgehead atoms. The number of ether oxygens (including phenoxy) is 1. The summed E-state index contributed by atoms with van der Waals surface area (Å²) in [6.45, 7) is 6.17. The molecule has 0 aliphatic carbocycles. The van der Waals surface area contributed by atoms with Crippen molar-refractivity contribution in [2.75, 3.05) is 5.32 Å². The fourth-order valence-corrected chi connectivity index (χ4v) is 2.45. The van der Waals surface area contributed by atoms with Gasteiger partial charge in [-0.05, 0) is 45.0 Å². The molecule has 1 aliphatic rings. The van der Waals surface area contributed by atoms with Gasteiger partial charge in [0.1, 0.15) is 5.75 Å². The third-order valence-corrected chi connectivity index (χ3v) is 3.42. The van der Waals surface area contributed by atoms with Crippen LogP contribution in [0.5, 0.6) is 5.75 Å². The smallest absolute Gasteiger partial charge is 0.343 e. The standard InChI is InChI=1S/C16H18N4O3/c1-4-20-16(22)18-14(19-20)8-12-11-7-10(23-9(2)3)5-6-13(11)17-15(12)21/h5-9H,4H2,1-3H3,(H,17,21)(H,18,19,22)/b12-8-. The molecule has 1 aromatic heterocycles. The number of nitrogens with zero attached hydrogens (tertiary/aromatic N) is 2. The molecule has 0 saturated heterocycles. The summed E-state index contributed by atoms with van der Waals surface area (Å²) >= 11 is 0. The van der Waals surface area contributed by atoms with Gasteiger partial charge in [-0.2, -0.15) is 5.10 Å². The van der Waals surface area contributed by atoms with Crippen LogP contribution < -0.4 is 15.7 Å². The molecule has 0 atom stereocenters. The zero-order valence-corrected chi connectivity index (χ0v) is 13.2. The number of carbonyl (C=O) groups is 1. The Bertz CT molecular complexity index is 845. The Morgan fingerprint density at radius 2 is 2.13 bits per heavy atom. The molecular formula is C16H18N4O3. The maximum absolute atomic E-state index is 12.2. The molecule has 7 heteroatoms. The largest absolute Gasteiger partial charge is 0.491 e. The van der Waals surface area contributed by atoms with Crippen LogP contribution in [-0.2, 0) is 11.3 Å². The van der Waals surface area contributed by atoms with Crippen LogP contribution in [0.3, 0.4) is 0 Å². The lowest BCUT2D eigenvalue weighted by Gasteiger charge is -2.10. The molecule has 0 radical (unpaired) electrons. The van der Waals surface area contributed by atoms with E-state index in [1.165, 1.54) is 4.68 Å². The number of aryl methyl sites for hydroxylation is 1. The van der Waals surface area contributed by atoms with E-state index in [-0.39, 0.29) is 17.7 Å². The Labute approximate surface area is 133 Å². The summed E-state index contributed by atoms with van der Waals surface area (Å²) in [7, 11) is 0. The van der Waals surface area contributed by atoms with E-state index in [0.29, 0.717) is 23.7 Å². The van der Waals surface area contributed by atoms with Gasteiger partial charge < -0.3 is 10.1 Å². The van der Waals surface area contributed by atoms with Crippen LogP contribution in [0, 0.1) is 0 Å². The van der Waals surface area contributed by atoms with Gasteiger partial charge in [0.25, 0.3) is 5.91 Å². The van der Waals surface area contributed by atoms with Crippen LogP contribution in [0.4, 0.5) is 5.69 Å². The van der Waals surface area contributed by atoms with E-state index in [1.807, 2.05) is 32.9 Å². The number of H-pyrrole nitrogens is 1. The van der Waals surface area contributed by atoms with Gasteiger partial charge in [-0.1, -0.05) is 0 Å². The van der Waals surface area contributed by atoms with Crippen molar-refractivity contribution in [3.05, 3.63) is 40.1 Å². The van der Waals surface area contributed by atoms with Gasteiger partial charge in [0, 0.05) is 17.8 Å². The first-order valence-electron chi connectivity index (χ1n) is 7.49. The monoisotopic (exact) mass is 314 g/mol. The van der Waals surface area contributed by atoms with Crippen LogP contribution in [-0.4, -0.2) is 26.8 Å². The molecule has 1 aliphatic heterocycles. The Morgan fingerprint density at radius 3 is 2.78 bits per heavy atom. The highest BCUT2D eigenvalue weighted by Crippen LogP contribution is 2.35. The van der Waals surface area contributed by atoms with Gasteiger partial charge in [-0.25, -0.2) is 9.48 Å². The minimum atomic E-state index is -0.296. The topological polar surface area (TPSA) is 89.0 Å². The summed E-state index contributed by atoms with van der Waals surface area (Å²) in [4.78, 5) is 26.5. The van der Waals surface area contributed by atoms with Crippen molar-refractivity contribution in [2.24, 2.45) is 0 Å².